The first kappa shape index (κ1) is 10.3. The molecular weight excluding hydrogens is 228 g/mol. The second-order valence-electron chi connectivity index (χ2n) is 4.01. The first-order valence-corrected chi connectivity index (χ1v) is 6.36. The second-order valence-corrected chi connectivity index (χ2v) is 4.92. The Balaban J connectivity index is 2.03. The SMILES string of the molecule is Nc1ccncc1Cc1csc2ccccc12. The quantitative estimate of drug-likeness (QED) is 0.745. The van der Waals surface area contributed by atoms with E-state index in [0.29, 0.717) is 0 Å². The molecular formula is C14H12N2S. The standard InChI is InChI=1S/C14H12N2S/c15-13-5-6-16-8-10(13)7-11-9-17-14-4-2-1-3-12(11)14/h1-6,8-9H,7H2,(H2,15,16). The van der Waals surface area contributed by atoms with E-state index in [-0.39, 0.29) is 0 Å². The maximum absolute atomic E-state index is 5.94. The fourth-order valence-electron chi connectivity index (χ4n) is 1.96. The Morgan fingerprint density at radius 3 is 2.88 bits per heavy atom. The molecule has 2 heterocycles. The van der Waals surface area contributed by atoms with Gasteiger partial charge in [0, 0.05) is 29.2 Å². The number of nitrogens with zero attached hydrogens (tertiary/aromatic N) is 1. The third-order valence-corrected chi connectivity index (χ3v) is 3.90. The number of nitrogens with two attached hydrogens (primary N) is 1. The minimum atomic E-state index is 0.815. The molecule has 3 rings (SSSR count). The summed E-state index contributed by atoms with van der Waals surface area (Å²) < 4.78 is 1.32. The van der Waals surface area contributed by atoms with Crippen molar-refractivity contribution in [3.05, 3.63) is 59.2 Å². The molecule has 17 heavy (non-hydrogen) atoms. The molecule has 3 aromatic rings. The van der Waals surface area contributed by atoms with Crippen LogP contribution in [0.4, 0.5) is 5.69 Å². The van der Waals surface area contributed by atoms with Gasteiger partial charge in [0.1, 0.15) is 0 Å². The lowest BCUT2D eigenvalue weighted by atomic mass is 10.0. The average molecular weight is 240 g/mol. The molecule has 0 fully saturated rings. The van der Waals surface area contributed by atoms with Crippen LogP contribution >= 0.6 is 11.3 Å². The van der Waals surface area contributed by atoms with Gasteiger partial charge in [-0.3, -0.25) is 4.98 Å². The van der Waals surface area contributed by atoms with Crippen LogP contribution in [0.15, 0.2) is 48.1 Å². The van der Waals surface area contributed by atoms with Gasteiger partial charge in [-0.2, -0.15) is 0 Å². The predicted octanol–water partition coefficient (Wildman–Crippen LogP) is 3.47. The van der Waals surface area contributed by atoms with Crippen LogP contribution in [0.25, 0.3) is 10.1 Å². The number of aromatic nitrogens is 1. The van der Waals surface area contributed by atoms with Gasteiger partial charge in [-0.05, 0) is 34.0 Å². The van der Waals surface area contributed by atoms with Crippen LogP contribution in [0.2, 0.25) is 0 Å². The average Bonchev–Trinajstić information content (AvgIpc) is 2.76. The van der Waals surface area contributed by atoms with Crippen LogP contribution in [0.1, 0.15) is 11.1 Å². The molecule has 0 aliphatic heterocycles. The molecule has 0 aliphatic rings. The summed E-state index contributed by atoms with van der Waals surface area (Å²) in [6.07, 6.45) is 4.43. The molecule has 0 bridgehead atoms. The van der Waals surface area contributed by atoms with Crippen LogP contribution in [0.3, 0.4) is 0 Å². The van der Waals surface area contributed by atoms with E-state index in [9.17, 15) is 0 Å². The highest BCUT2D eigenvalue weighted by molar-refractivity contribution is 7.17. The molecule has 0 saturated carbocycles. The number of nitrogen functional groups attached to an aromatic ring is 1. The van der Waals surface area contributed by atoms with E-state index in [2.05, 4.69) is 34.6 Å². The van der Waals surface area contributed by atoms with Crippen molar-refractivity contribution in [2.24, 2.45) is 0 Å². The van der Waals surface area contributed by atoms with Crippen LogP contribution in [0, 0.1) is 0 Å². The summed E-state index contributed by atoms with van der Waals surface area (Å²) in [6, 6.07) is 10.3. The van der Waals surface area contributed by atoms with Crippen molar-refractivity contribution >= 4 is 27.1 Å². The zero-order valence-corrected chi connectivity index (χ0v) is 10.1. The van der Waals surface area contributed by atoms with Crippen molar-refractivity contribution in [3.8, 4) is 0 Å². The fourth-order valence-corrected chi connectivity index (χ4v) is 2.92. The van der Waals surface area contributed by atoms with Gasteiger partial charge >= 0.3 is 0 Å². The van der Waals surface area contributed by atoms with Crippen molar-refractivity contribution in [2.45, 2.75) is 6.42 Å². The van der Waals surface area contributed by atoms with Gasteiger partial charge in [0.25, 0.3) is 0 Å². The number of fused-ring (bicyclic) bond motifs is 1. The molecule has 2 nitrogen and oxygen atoms in total. The van der Waals surface area contributed by atoms with Crippen LogP contribution in [0.5, 0.6) is 0 Å². The fraction of sp³-hybridized carbons (Fsp3) is 0.0714. The summed E-state index contributed by atoms with van der Waals surface area (Å²) >= 11 is 1.78. The topological polar surface area (TPSA) is 38.9 Å². The normalized spacial score (nSPS) is 10.8. The van der Waals surface area contributed by atoms with Crippen molar-refractivity contribution in [2.75, 3.05) is 5.73 Å². The Hall–Kier alpha value is -1.87. The Bertz CT molecular complexity index is 658. The highest BCUT2D eigenvalue weighted by Gasteiger charge is 2.06. The molecule has 0 spiro atoms. The molecule has 84 valence electrons. The Labute approximate surface area is 104 Å². The van der Waals surface area contributed by atoms with Crippen LogP contribution in [-0.4, -0.2) is 4.98 Å². The Kier molecular flexibility index (Phi) is 2.53. The highest BCUT2D eigenvalue weighted by Crippen LogP contribution is 2.28. The molecule has 0 amide bonds. The number of benzene rings is 1. The van der Waals surface area contributed by atoms with E-state index in [0.717, 1.165) is 17.7 Å². The highest BCUT2D eigenvalue weighted by atomic mass is 32.1. The van der Waals surface area contributed by atoms with Gasteiger partial charge in [0.15, 0.2) is 0 Å². The monoisotopic (exact) mass is 240 g/mol. The second kappa shape index (κ2) is 4.18. The van der Waals surface area contributed by atoms with E-state index in [1.165, 1.54) is 15.6 Å². The van der Waals surface area contributed by atoms with E-state index >= 15 is 0 Å². The first-order chi connectivity index (χ1) is 8.34. The minimum Gasteiger partial charge on any atom is -0.398 e. The van der Waals surface area contributed by atoms with Crippen molar-refractivity contribution < 1.29 is 0 Å². The predicted molar refractivity (Wildman–Crippen MR) is 73.3 cm³/mol. The number of thiophene rings is 1. The largest absolute Gasteiger partial charge is 0.398 e. The summed E-state index contributed by atoms with van der Waals surface area (Å²) in [6.45, 7) is 0. The molecule has 0 radical (unpaired) electrons. The Morgan fingerprint density at radius 2 is 2.00 bits per heavy atom. The first-order valence-electron chi connectivity index (χ1n) is 5.48. The van der Waals surface area contributed by atoms with Gasteiger partial charge in [-0.25, -0.2) is 0 Å². The molecule has 2 N–H and O–H groups in total. The van der Waals surface area contributed by atoms with Gasteiger partial charge < -0.3 is 5.73 Å². The van der Waals surface area contributed by atoms with E-state index in [1.807, 2.05) is 12.3 Å². The number of anilines is 1. The minimum absolute atomic E-state index is 0.815. The van der Waals surface area contributed by atoms with E-state index in [4.69, 9.17) is 5.73 Å². The van der Waals surface area contributed by atoms with E-state index < -0.39 is 0 Å². The summed E-state index contributed by atoms with van der Waals surface area (Å²) in [7, 11) is 0. The lowest BCUT2D eigenvalue weighted by Crippen LogP contribution is -1.95. The smallest absolute Gasteiger partial charge is 0.0380 e. The molecule has 0 atom stereocenters. The van der Waals surface area contributed by atoms with Crippen LogP contribution < -0.4 is 5.73 Å². The third kappa shape index (κ3) is 1.89. The lowest BCUT2D eigenvalue weighted by Gasteiger charge is -2.03. The molecule has 0 unspecified atom stereocenters. The van der Waals surface area contributed by atoms with Crippen molar-refractivity contribution in [3.63, 3.8) is 0 Å². The molecule has 0 saturated heterocycles. The molecule has 0 aliphatic carbocycles. The number of pyridine rings is 1. The summed E-state index contributed by atoms with van der Waals surface area (Å²) in [4.78, 5) is 4.13. The zero-order chi connectivity index (χ0) is 11.7. The van der Waals surface area contributed by atoms with Gasteiger partial charge in [-0.15, -0.1) is 11.3 Å². The zero-order valence-electron chi connectivity index (χ0n) is 9.26. The summed E-state index contributed by atoms with van der Waals surface area (Å²) in [5.41, 5.74) is 9.18. The molecule has 3 heteroatoms. The number of hydrogen-bond acceptors (Lipinski definition) is 3. The van der Waals surface area contributed by atoms with E-state index in [1.54, 1.807) is 17.5 Å². The lowest BCUT2D eigenvalue weighted by molar-refractivity contribution is 1.17. The maximum atomic E-state index is 5.94. The van der Waals surface area contributed by atoms with Gasteiger partial charge in [0.05, 0.1) is 0 Å². The summed E-state index contributed by atoms with van der Waals surface area (Å²) in [5.74, 6) is 0. The van der Waals surface area contributed by atoms with Crippen LogP contribution in [-0.2, 0) is 6.42 Å². The van der Waals surface area contributed by atoms with Crippen molar-refractivity contribution in [1.29, 1.82) is 0 Å². The Morgan fingerprint density at radius 1 is 1.12 bits per heavy atom. The van der Waals surface area contributed by atoms with Gasteiger partial charge in [0.2, 0.25) is 0 Å². The van der Waals surface area contributed by atoms with Gasteiger partial charge in [-0.1, -0.05) is 18.2 Å². The molecule has 2 aromatic heterocycles. The summed E-state index contributed by atoms with van der Waals surface area (Å²) in [5, 5.41) is 3.53. The third-order valence-electron chi connectivity index (χ3n) is 2.88. The maximum Gasteiger partial charge on any atom is 0.0380 e. The number of hydrogen-bond donors (Lipinski definition) is 1. The van der Waals surface area contributed by atoms with Crippen molar-refractivity contribution in [1.82, 2.24) is 4.98 Å². The number of rotatable bonds is 2. The molecule has 1 aromatic carbocycles.